The summed E-state index contributed by atoms with van der Waals surface area (Å²) in [7, 11) is 0. The normalized spacial score (nSPS) is 18.9. The minimum atomic E-state index is -0.0586. The highest BCUT2D eigenvalue weighted by Crippen LogP contribution is 2.25. The molecule has 0 aliphatic heterocycles. The van der Waals surface area contributed by atoms with Crippen molar-refractivity contribution >= 4 is 5.91 Å². The Labute approximate surface area is 105 Å². The Morgan fingerprint density at radius 1 is 1.29 bits per heavy atom. The van der Waals surface area contributed by atoms with Crippen molar-refractivity contribution in [2.24, 2.45) is 17.7 Å². The fourth-order valence-electron chi connectivity index (χ4n) is 2.69. The van der Waals surface area contributed by atoms with E-state index in [1.54, 1.807) is 0 Å². The molecule has 0 aromatic rings. The third-order valence-corrected chi connectivity index (χ3v) is 3.54. The van der Waals surface area contributed by atoms with Crippen LogP contribution in [0.3, 0.4) is 0 Å². The quantitative estimate of drug-likeness (QED) is 0.421. The first kappa shape index (κ1) is 14.5. The van der Waals surface area contributed by atoms with Crippen LogP contribution in [-0.2, 0) is 4.79 Å². The maximum atomic E-state index is 11.5. The number of hydrazine groups is 1. The van der Waals surface area contributed by atoms with Crippen molar-refractivity contribution in [2.75, 3.05) is 13.1 Å². The third kappa shape index (κ3) is 4.64. The summed E-state index contributed by atoms with van der Waals surface area (Å²) in [6.07, 6.45) is 5.22. The highest BCUT2D eigenvalue weighted by Gasteiger charge is 2.26. The standard InChI is InChI=1S/C13H27N3O/c1-10(2)8-16(12-6-4-5-7-12)9-11(3)13(17)15-14/h10-12H,4-9,14H2,1-3H3,(H,15,17). The molecule has 1 amide bonds. The molecule has 3 N–H and O–H groups in total. The van der Waals surface area contributed by atoms with E-state index in [-0.39, 0.29) is 11.8 Å². The van der Waals surface area contributed by atoms with Gasteiger partial charge in [0, 0.05) is 25.0 Å². The second kappa shape index (κ2) is 6.97. The summed E-state index contributed by atoms with van der Waals surface area (Å²) in [4.78, 5) is 14.0. The van der Waals surface area contributed by atoms with E-state index < -0.39 is 0 Å². The van der Waals surface area contributed by atoms with Gasteiger partial charge >= 0.3 is 0 Å². The predicted molar refractivity (Wildman–Crippen MR) is 70.2 cm³/mol. The fraction of sp³-hybridized carbons (Fsp3) is 0.923. The zero-order valence-corrected chi connectivity index (χ0v) is 11.4. The van der Waals surface area contributed by atoms with Crippen molar-refractivity contribution in [3.05, 3.63) is 0 Å². The molecule has 0 aromatic carbocycles. The van der Waals surface area contributed by atoms with Gasteiger partial charge in [-0.3, -0.25) is 15.1 Å². The Morgan fingerprint density at radius 2 is 1.88 bits per heavy atom. The van der Waals surface area contributed by atoms with Gasteiger partial charge in [0.1, 0.15) is 0 Å². The summed E-state index contributed by atoms with van der Waals surface area (Å²) in [5.74, 6) is 5.74. The van der Waals surface area contributed by atoms with Crippen molar-refractivity contribution in [3.8, 4) is 0 Å². The molecule has 1 fully saturated rings. The summed E-state index contributed by atoms with van der Waals surface area (Å²) in [5, 5.41) is 0. The highest BCUT2D eigenvalue weighted by atomic mass is 16.2. The Morgan fingerprint density at radius 3 is 2.35 bits per heavy atom. The lowest BCUT2D eigenvalue weighted by atomic mass is 10.1. The minimum absolute atomic E-state index is 0.0284. The van der Waals surface area contributed by atoms with Crippen LogP contribution in [0, 0.1) is 11.8 Å². The molecule has 1 unspecified atom stereocenters. The van der Waals surface area contributed by atoms with E-state index >= 15 is 0 Å². The van der Waals surface area contributed by atoms with Gasteiger partial charge in [0.15, 0.2) is 0 Å². The van der Waals surface area contributed by atoms with Crippen LogP contribution in [0.4, 0.5) is 0 Å². The molecule has 1 saturated carbocycles. The van der Waals surface area contributed by atoms with Crippen LogP contribution in [0.1, 0.15) is 46.5 Å². The summed E-state index contributed by atoms with van der Waals surface area (Å²) in [6, 6.07) is 0.672. The molecule has 4 nitrogen and oxygen atoms in total. The largest absolute Gasteiger partial charge is 0.299 e. The van der Waals surface area contributed by atoms with Gasteiger partial charge in [-0.15, -0.1) is 0 Å². The van der Waals surface area contributed by atoms with Crippen LogP contribution in [0.5, 0.6) is 0 Å². The molecule has 17 heavy (non-hydrogen) atoms. The Hall–Kier alpha value is -0.610. The van der Waals surface area contributed by atoms with Crippen molar-refractivity contribution < 1.29 is 4.79 Å². The molecule has 0 spiro atoms. The van der Waals surface area contributed by atoms with Crippen molar-refractivity contribution in [3.63, 3.8) is 0 Å². The van der Waals surface area contributed by atoms with Crippen molar-refractivity contribution in [2.45, 2.75) is 52.5 Å². The average Bonchev–Trinajstić information content (AvgIpc) is 2.79. The molecule has 0 radical (unpaired) electrons. The van der Waals surface area contributed by atoms with Gasteiger partial charge in [-0.1, -0.05) is 33.6 Å². The van der Waals surface area contributed by atoms with Crippen LogP contribution in [0.25, 0.3) is 0 Å². The number of rotatable bonds is 6. The molecule has 0 aromatic heterocycles. The van der Waals surface area contributed by atoms with Crippen LogP contribution >= 0.6 is 0 Å². The molecule has 4 heteroatoms. The van der Waals surface area contributed by atoms with Gasteiger partial charge in [-0.2, -0.15) is 0 Å². The van der Waals surface area contributed by atoms with Crippen LogP contribution < -0.4 is 11.3 Å². The Balaban J connectivity index is 2.53. The fourth-order valence-corrected chi connectivity index (χ4v) is 2.69. The molecule has 1 aliphatic rings. The third-order valence-electron chi connectivity index (χ3n) is 3.54. The lowest BCUT2D eigenvalue weighted by Gasteiger charge is -2.32. The lowest BCUT2D eigenvalue weighted by Crippen LogP contribution is -2.44. The first-order valence-electron chi connectivity index (χ1n) is 6.79. The first-order chi connectivity index (χ1) is 8.04. The van der Waals surface area contributed by atoms with Crippen LogP contribution in [0.2, 0.25) is 0 Å². The zero-order chi connectivity index (χ0) is 12.8. The van der Waals surface area contributed by atoms with Gasteiger partial charge in [0.05, 0.1) is 0 Å². The smallest absolute Gasteiger partial charge is 0.237 e. The number of nitrogens with one attached hydrogen (secondary N) is 1. The molecular formula is C13H27N3O. The number of hydrogen-bond acceptors (Lipinski definition) is 3. The van der Waals surface area contributed by atoms with E-state index in [2.05, 4.69) is 24.2 Å². The molecule has 0 bridgehead atoms. The van der Waals surface area contributed by atoms with Crippen LogP contribution in [0.15, 0.2) is 0 Å². The van der Waals surface area contributed by atoms with E-state index in [9.17, 15) is 4.79 Å². The molecular weight excluding hydrogens is 214 g/mol. The summed E-state index contributed by atoms with van der Waals surface area (Å²) >= 11 is 0. The molecule has 1 rings (SSSR count). The minimum Gasteiger partial charge on any atom is -0.299 e. The second-order valence-corrected chi connectivity index (χ2v) is 5.70. The maximum Gasteiger partial charge on any atom is 0.237 e. The van der Waals surface area contributed by atoms with Gasteiger partial charge in [0.2, 0.25) is 5.91 Å². The highest BCUT2D eigenvalue weighted by molar-refractivity contribution is 5.77. The van der Waals surface area contributed by atoms with Gasteiger partial charge in [-0.05, 0) is 18.8 Å². The lowest BCUT2D eigenvalue weighted by molar-refractivity contribution is -0.125. The first-order valence-corrected chi connectivity index (χ1v) is 6.79. The second-order valence-electron chi connectivity index (χ2n) is 5.70. The predicted octanol–water partition coefficient (Wildman–Crippen LogP) is 1.51. The maximum absolute atomic E-state index is 11.5. The summed E-state index contributed by atoms with van der Waals surface area (Å²) in [5.41, 5.74) is 2.25. The van der Waals surface area contributed by atoms with Gasteiger partial charge in [-0.25, -0.2) is 5.84 Å². The van der Waals surface area contributed by atoms with E-state index in [0.29, 0.717) is 12.0 Å². The number of nitrogens with zero attached hydrogens (tertiary/aromatic N) is 1. The Kier molecular flexibility index (Phi) is 5.92. The molecule has 1 atom stereocenters. The molecule has 0 heterocycles. The van der Waals surface area contributed by atoms with Crippen LogP contribution in [-0.4, -0.2) is 29.9 Å². The number of carbonyl (C=O) groups is 1. The zero-order valence-electron chi connectivity index (χ0n) is 11.4. The SMILES string of the molecule is CC(C)CN(CC(C)C(=O)NN)C1CCCC1. The van der Waals surface area contributed by atoms with E-state index in [1.807, 2.05) is 6.92 Å². The van der Waals surface area contributed by atoms with Crippen molar-refractivity contribution in [1.29, 1.82) is 0 Å². The number of hydrogen-bond donors (Lipinski definition) is 2. The average molecular weight is 241 g/mol. The number of amides is 1. The van der Waals surface area contributed by atoms with Gasteiger partial charge in [0.25, 0.3) is 0 Å². The molecule has 1 aliphatic carbocycles. The summed E-state index contributed by atoms with van der Waals surface area (Å²) in [6.45, 7) is 8.31. The number of carbonyl (C=O) groups excluding carboxylic acids is 1. The van der Waals surface area contributed by atoms with E-state index in [1.165, 1.54) is 25.7 Å². The monoisotopic (exact) mass is 241 g/mol. The molecule has 100 valence electrons. The summed E-state index contributed by atoms with van der Waals surface area (Å²) < 4.78 is 0. The van der Waals surface area contributed by atoms with E-state index in [0.717, 1.165) is 13.1 Å². The number of nitrogens with two attached hydrogens (primary N) is 1. The Bertz CT molecular complexity index is 237. The molecule has 0 saturated heterocycles. The van der Waals surface area contributed by atoms with Crippen molar-refractivity contribution in [1.82, 2.24) is 10.3 Å². The van der Waals surface area contributed by atoms with E-state index in [4.69, 9.17) is 5.84 Å². The van der Waals surface area contributed by atoms with Gasteiger partial charge < -0.3 is 0 Å². The topological polar surface area (TPSA) is 58.4 Å².